The molecule has 0 aromatic carbocycles. The van der Waals surface area contributed by atoms with Gasteiger partial charge in [-0.3, -0.25) is 19.2 Å². The lowest BCUT2D eigenvalue weighted by Crippen LogP contribution is -2.62. The SMILES string of the molecule is C=CCO[C@@H]1[C@@H](NC(=O)C(F)(F)F)C[C@H](O[C@H]2[C@H](C)O[C@@H](OCCCCO[C@H]3C[C@@H](NC(=O)C(F)(F)F)[C@@H](O[C@H]4C[C@H](NC(=O)C(F)(F)F)[C@@H](OCC=C)[C@H](C)O4)[C@H](C)O3)C[C@H]2NC(=O)C(F)(F)F)O[C@H]1C. The molecule has 18 nitrogen and oxygen atoms in total. The van der Waals surface area contributed by atoms with Crippen molar-refractivity contribution in [2.24, 2.45) is 0 Å². The van der Waals surface area contributed by atoms with Gasteiger partial charge in [0.05, 0.1) is 61.8 Å². The van der Waals surface area contributed by atoms with Crippen molar-refractivity contribution in [3.8, 4) is 0 Å². The van der Waals surface area contributed by atoms with E-state index in [0.29, 0.717) is 0 Å². The van der Waals surface area contributed by atoms with Crippen LogP contribution in [0.3, 0.4) is 0 Å². The average molecular weight is 1070 g/mol. The third-order valence-corrected chi connectivity index (χ3v) is 11.6. The molecule has 4 aliphatic rings. The Bertz CT molecular complexity index is 1690. The van der Waals surface area contributed by atoms with Crippen LogP contribution in [0.15, 0.2) is 25.3 Å². The van der Waals surface area contributed by atoms with E-state index in [9.17, 15) is 71.9 Å². The first-order chi connectivity index (χ1) is 33.4. The normalized spacial score (nSPS) is 33.8. The van der Waals surface area contributed by atoms with Gasteiger partial charge in [-0.15, -0.1) is 13.2 Å². The summed E-state index contributed by atoms with van der Waals surface area (Å²) in [5, 5.41) is 7.33. The largest absolute Gasteiger partial charge is 0.471 e. The molecule has 0 saturated carbocycles. The minimum atomic E-state index is -5.35. The van der Waals surface area contributed by atoms with Crippen molar-refractivity contribution < 1.29 is 119 Å². The van der Waals surface area contributed by atoms with E-state index < -0.39 is 172 Å². The van der Waals surface area contributed by atoms with Crippen molar-refractivity contribution in [1.82, 2.24) is 21.3 Å². The maximum atomic E-state index is 13.5. The molecule has 16 atom stereocenters. The Morgan fingerprint density at radius 3 is 0.972 bits per heavy atom. The second-order valence-corrected chi connectivity index (χ2v) is 17.2. The number of halogens is 12. The molecule has 0 aromatic heterocycles. The summed E-state index contributed by atoms with van der Waals surface area (Å²) < 4.78 is 218. The van der Waals surface area contributed by atoms with Crippen LogP contribution < -0.4 is 21.3 Å². The summed E-state index contributed by atoms with van der Waals surface area (Å²) in [7, 11) is 0. The predicted octanol–water partition coefficient (Wildman–Crippen LogP) is 4.44. The fraction of sp³-hybridized carbons (Fsp3) is 0.810. The van der Waals surface area contributed by atoms with E-state index >= 15 is 0 Å². The summed E-state index contributed by atoms with van der Waals surface area (Å²) in [5.41, 5.74) is 0. The second kappa shape index (κ2) is 26.1. The van der Waals surface area contributed by atoms with Crippen LogP contribution in [0, 0.1) is 0 Å². The Hall–Kier alpha value is -3.88. The van der Waals surface area contributed by atoms with Gasteiger partial charge in [-0.25, -0.2) is 0 Å². The standard InChI is InChI=1S/C42H58F12N4O14/c1-7-11-65-31-19(3)69-29(17-23(31)55-35(59)39(43,44)45)71-33-21(5)67-27(15-25(33)57-37(61)41(49,50)51)63-13-9-10-14-64-28-16-26(58-38(62)42(52,53)54)34(22(6)68-28)72-30-18-24(56-36(60)40(46,47)48)32(20(4)70-30)66-12-8-2/h7-8,19-34H,1-2,9-18H2,3-6H3,(H,55,59)(H,56,60)(H,57,61)(H,58,62)/t19-,20-,21-,22-,23-,24-,25+,26+,27+,28+,29-,30-,31-,32-,33-,34-/m0/s1. The van der Waals surface area contributed by atoms with Gasteiger partial charge < -0.3 is 68.6 Å². The van der Waals surface area contributed by atoms with Crippen LogP contribution >= 0.6 is 0 Å². The quantitative estimate of drug-likeness (QED) is 0.0713. The fourth-order valence-electron chi connectivity index (χ4n) is 8.38. The lowest BCUT2D eigenvalue weighted by atomic mass is 9.97. The first-order valence-corrected chi connectivity index (χ1v) is 22.5. The molecule has 0 aliphatic carbocycles. The molecule has 4 aliphatic heterocycles. The Balaban J connectivity index is 1.35. The minimum absolute atomic E-state index is 0.131. The van der Waals surface area contributed by atoms with Gasteiger partial charge in [-0.2, -0.15) is 52.7 Å². The highest BCUT2D eigenvalue weighted by atomic mass is 19.4. The summed E-state index contributed by atoms with van der Waals surface area (Å²) in [6.07, 6.45) is -35.0. The van der Waals surface area contributed by atoms with Crippen molar-refractivity contribution in [3.05, 3.63) is 25.3 Å². The zero-order chi connectivity index (χ0) is 53.9. The molecule has 0 unspecified atom stereocenters. The number of nitrogens with one attached hydrogen (secondary N) is 4. The smallest absolute Gasteiger partial charge is 0.369 e. The van der Waals surface area contributed by atoms with E-state index in [1.54, 1.807) is 0 Å². The van der Waals surface area contributed by atoms with Gasteiger partial charge in [0, 0.05) is 38.9 Å². The maximum absolute atomic E-state index is 13.5. The van der Waals surface area contributed by atoms with E-state index in [-0.39, 0.29) is 39.3 Å². The highest BCUT2D eigenvalue weighted by molar-refractivity contribution is 5.83. The summed E-state index contributed by atoms with van der Waals surface area (Å²) in [4.78, 5) is 48.0. The van der Waals surface area contributed by atoms with E-state index in [2.05, 4.69) is 13.2 Å². The molecule has 4 rings (SSSR count). The minimum Gasteiger partial charge on any atom is -0.369 e. The highest BCUT2D eigenvalue weighted by Gasteiger charge is 2.51. The molecule has 4 heterocycles. The van der Waals surface area contributed by atoms with Crippen molar-refractivity contribution in [2.75, 3.05) is 26.4 Å². The van der Waals surface area contributed by atoms with Crippen LogP contribution in [-0.2, 0) is 66.5 Å². The van der Waals surface area contributed by atoms with Gasteiger partial charge in [0.1, 0.15) is 24.4 Å². The summed E-state index contributed by atoms with van der Waals surface area (Å²) in [5.74, 6) is -9.28. The molecular weight excluding hydrogens is 1010 g/mol. The average Bonchev–Trinajstić information content (AvgIpc) is 3.25. The third-order valence-electron chi connectivity index (χ3n) is 11.6. The maximum Gasteiger partial charge on any atom is 0.471 e. The van der Waals surface area contributed by atoms with Crippen molar-refractivity contribution in [3.63, 3.8) is 0 Å². The van der Waals surface area contributed by atoms with Crippen LogP contribution in [-0.4, -0.2) is 173 Å². The number of rotatable bonds is 21. The number of hydrogen-bond acceptors (Lipinski definition) is 14. The highest BCUT2D eigenvalue weighted by Crippen LogP contribution is 2.34. The van der Waals surface area contributed by atoms with E-state index in [0.717, 1.165) is 0 Å². The number of amides is 4. The van der Waals surface area contributed by atoms with Crippen molar-refractivity contribution in [2.45, 2.75) is 189 Å². The molecule has 4 N–H and O–H groups in total. The molecule has 4 saturated heterocycles. The lowest BCUT2D eigenvalue weighted by Gasteiger charge is -2.45. The Morgan fingerprint density at radius 1 is 0.444 bits per heavy atom. The van der Waals surface area contributed by atoms with Crippen LogP contribution in [0.5, 0.6) is 0 Å². The van der Waals surface area contributed by atoms with Gasteiger partial charge in [-0.05, 0) is 40.5 Å². The Kier molecular flexibility index (Phi) is 22.0. The molecular formula is C42H58F12N4O14. The number of carbonyl (C=O) groups is 4. The topological polar surface area (TPSA) is 209 Å². The van der Waals surface area contributed by atoms with Crippen molar-refractivity contribution >= 4 is 23.6 Å². The van der Waals surface area contributed by atoms with Crippen LogP contribution in [0.4, 0.5) is 52.7 Å². The third kappa shape index (κ3) is 17.9. The van der Waals surface area contributed by atoms with Crippen molar-refractivity contribution in [1.29, 1.82) is 0 Å². The molecule has 72 heavy (non-hydrogen) atoms. The first kappa shape index (κ1) is 60.7. The summed E-state index contributed by atoms with van der Waals surface area (Å²) in [6, 6.07) is -5.68. The lowest BCUT2D eigenvalue weighted by molar-refractivity contribution is -0.294. The number of carbonyl (C=O) groups excluding carboxylic acids is 4. The number of unbranched alkanes of at least 4 members (excludes halogenated alkanes) is 1. The Labute approximate surface area is 404 Å². The molecule has 0 bridgehead atoms. The molecule has 0 spiro atoms. The van der Waals surface area contributed by atoms with E-state index in [4.69, 9.17) is 47.4 Å². The number of ether oxygens (including phenoxy) is 10. The van der Waals surface area contributed by atoms with Crippen LogP contribution in [0.2, 0.25) is 0 Å². The molecule has 0 aromatic rings. The molecule has 0 radical (unpaired) electrons. The van der Waals surface area contributed by atoms with Crippen LogP contribution in [0.25, 0.3) is 0 Å². The zero-order valence-electron chi connectivity index (χ0n) is 39.1. The van der Waals surface area contributed by atoms with Gasteiger partial charge in [0.2, 0.25) is 0 Å². The fourth-order valence-corrected chi connectivity index (χ4v) is 8.38. The Morgan fingerprint density at radius 2 is 0.694 bits per heavy atom. The summed E-state index contributed by atoms with van der Waals surface area (Å²) in [6.45, 7) is 11.9. The van der Waals surface area contributed by atoms with E-state index in [1.165, 1.54) is 39.8 Å². The second-order valence-electron chi connectivity index (χ2n) is 17.2. The molecule has 4 amide bonds. The van der Waals surface area contributed by atoms with E-state index in [1.807, 2.05) is 21.3 Å². The summed E-state index contributed by atoms with van der Waals surface area (Å²) >= 11 is 0. The van der Waals surface area contributed by atoms with Gasteiger partial charge >= 0.3 is 48.3 Å². The molecule has 30 heteroatoms. The zero-order valence-corrected chi connectivity index (χ0v) is 39.1. The first-order valence-electron chi connectivity index (χ1n) is 22.5. The number of alkyl halides is 12. The van der Waals surface area contributed by atoms with Gasteiger partial charge in [0.15, 0.2) is 25.2 Å². The monoisotopic (exact) mass is 1070 g/mol. The predicted molar refractivity (Wildman–Crippen MR) is 219 cm³/mol. The van der Waals surface area contributed by atoms with Gasteiger partial charge in [-0.1, -0.05) is 12.2 Å². The molecule has 4 fully saturated rings. The van der Waals surface area contributed by atoms with Crippen LogP contribution in [0.1, 0.15) is 66.2 Å². The van der Waals surface area contributed by atoms with Gasteiger partial charge in [0.25, 0.3) is 0 Å². The molecule has 414 valence electrons. The number of hydrogen-bond donors (Lipinski definition) is 4.